The second-order valence-electron chi connectivity index (χ2n) is 5.31. The van der Waals surface area contributed by atoms with Crippen molar-refractivity contribution in [2.75, 3.05) is 6.54 Å². The monoisotopic (exact) mass is 229 g/mol. The van der Waals surface area contributed by atoms with E-state index in [9.17, 15) is 0 Å². The lowest BCUT2D eigenvalue weighted by Gasteiger charge is -2.29. The molecule has 1 saturated heterocycles. The van der Waals surface area contributed by atoms with Crippen LogP contribution in [0.5, 0.6) is 0 Å². The van der Waals surface area contributed by atoms with Crippen molar-refractivity contribution in [3.63, 3.8) is 0 Å². The van der Waals surface area contributed by atoms with E-state index >= 15 is 0 Å². The third kappa shape index (κ3) is 1.95. The van der Waals surface area contributed by atoms with Gasteiger partial charge in [0.1, 0.15) is 0 Å². The molecule has 2 heterocycles. The summed E-state index contributed by atoms with van der Waals surface area (Å²) < 4.78 is 0. The van der Waals surface area contributed by atoms with Gasteiger partial charge in [0.25, 0.3) is 0 Å². The molecule has 17 heavy (non-hydrogen) atoms. The molecule has 0 radical (unpaired) electrons. The van der Waals surface area contributed by atoms with E-state index in [1.807, 2.05) is 6.20 Å². The lowest BCUT2D eigenvalue weighted by molar-refractivity contribution is 0.332. The van der Waals surface area contributed by atoms with Gasteiger partial charge in [0, 0.05) is 11.4 Å². The van der Waals surface area contributed by atoms with E-state index in [0.717, 1.165) is 18.0 Å². The first kappa shape index (κ1) is 10.8. The average molecular weight is 229 g/mol. The molecule has 3 rings (SSSR count). The van der Waals surface area contributed by atoms with Gasteiger partial charge in [0.15, 0.2) is 0 Å². The first-order valence-corrected chi connectivity index (χ1v) is 6.41. The molecule has 0 aliphatic carbocycles. The van der Waals surface area contributed by atoms with Gasteiger partial charge >= 0.3 is 0 Å². The molecule has 2 atom stereocenters. The van der Waals surface area contributed by atoms with Crippen molar-refractivity contribution >= 4 is 10.9 Å². The van der Waals surface area contributed by atoms with E-state index in [1.165, 1.54) is 29.4 Å². The summed E-state index contributed by atoms with van der Waals surface area (Å²) in [7, 11) is 0. The summed E-state index contributed by atoms with van der Waals surface area (Å²) in [5, 5.41) is 12.0. The highest BCUT2D eigenvalue weighted by atomic mass is 15.1. The Morgan fingerprint density at radius 3 is 2.94 bits per heavy atom. The SMILES string of the molecule is Cc1cc2cn[nH]c2cc1C1CCC(C)CN1. The van der Waals surface area contributed by atoms with Crippen LogP contribution in [0.15, 0.2) is 18.3 Å². The van der Waals surface area contributed by atoms with Crippen LogP contribution in [0.2, 0.25) is 0 Å². The molecule has 2 N–H and O–H groups in total. The zero-order valence-corrected chi connectivity index (χ0v) is 10.5. The quantitative estimate of drug-likeness (QED) is 0.789. The van der Waals surface area contributed by atoms with E-state index < -0.39 is 0 Å². The van der Waals surface area contributed by atoms with Crippen molar-refractivity contribution in [2.45, 2.75) is 32.7 Å². The van der Waals surface area contributed by atoms with Gasteiger partial charge in [-0.25, -0.2) is 0 Å². The summed E-state index contributed by atoms with van der Waals surface area (Å²) in [6.07, 6.45) is 4.45. The second-order valence-corrected chi connectivity index (χ2v) is 5.31. The number of benzene rings is 1. The normalized spacial score (nSPS) is 25.3. The van der Waals surface area contributed by atoms with Crippen molar-refractivity contribution in [3.05, 3.63) is 29.5 Å². The maximum Gasteiger partial charge on any atom is 0.0653 e. The lowest BCUT2D eigenvalue weighted by atomic mass is 9.89. The number of piperidine rings is 1. The first-order chi connectivity index (χ1) is 8.24. The Hall–Kier alpha value is -1.35. The van der Waals surface area contributed by atoms with Crippen molar-refractivity contribution in [3.8, 4) is 0 Å². The molecule has 0 bridgehead atoms. The maximum atomic E-state index is 4.10. The Morgan fingerprint density at radius 2 is 2.18 bits per heavy atom. The van der Waals surface area contributed by atoms with E-state index in [2.05, 4.69) is 41.5 Å². The zero-order valence-electron chi connectivity index (χ0n) is 10.5. The van der Waals surface area contributed by atoms with Gasteiger partial charge in [0.2, 0.25) is 0 Å². The minimum atomic E-state index is 0.513. The molecule has 0 amide bonds. The van der Waals surface area contributed by atoms with E-state index in [4.69, 9.17) is 0 Å². The van der Waals surface area contributed by atoms with E-state index in [1.54, 1.807) is 0 Å². The van der Waals surface area contributed by atoms with Gasteiger partial charge in [-0.05, 0) is 55.5 Å². The molecule has 2 unspecified atom stereocenters. The van der Waals surface area contributed by atoms with Gasteiger partial charge in [-0.1, -0.05) is 6.92 Å². The van der Waals surface area contributed by atoms with Crippen LogP contribution in [0, 0.1) is 12.8 Å². The number of rotatable bonds is 1. The minimum absolute atomic E-state index is 0.513. The van der Waals surface area contributed by atoms with Crippen LogP contribution >= 0.6 is 0 Å². The van der Waals surface area contributed by atoms with Crippen LogP contribution in [-0.2, 0) is 0 Å². The van der Waals surface area contributed by atoms with Crippen LogP contribution in [0.1, 0.15) is 36.9 Å². The highest BCUT2D eigenvalue weighted by Crippen LogP contribution is 2.29. The average Bonchev–Trinajstić information content (AvgIpc) is 2.76. The predicted octanol–water partition coefficient (Wildman–Crippen LogP) is 2.93. The largest absolute Gasteiger partial charge is 0.310 e. The number of nitrogens with zero attached hydrogens (tertiary/aromatic N) is 1. The molecule has 0 spiro atoms. The standard InChI is InChI=1S/C14H19N3/c1-9-3-4-13(15-7-9)12-6-14-11(5-10(12)2)8-16-17-14/h5-6,8-9,13,15H,3-4,7H2,1-2H3,(H,16,17). The van der Waals surface area contributed by atoms with Crippen molar-refractivity contribution in [2.24, 2.45) is 5.92 Å². The molecule has 1 aliphatic heterocycles. The van der Waals surface area contributed by atoms with Gasteiger partial charge in [-0.3, -0.25) is 5.10 Å². The Balaban J connectivity index is 1.96. The fourth-order valence-electron chi connectivity index (χ4n) is 2.76. The summed E-state index contributed by atoms with van der Waals surface area (Å²) >= 11 is 0. The highest BCUT2D eigenvalue weighted by molar-refractivity contribution is 5.79. The van der Waals surface area contributed by atoms with Gasteiger partial charge in [-0.15, -0.1) is 0 Å². The maximum absolute atomic E-state index is 4.10. The molecule has 1 aromatic heterocycles. The highest BCUT2D eigenvalue weighted by Gasteiger charge is 2.20. The lowest BCUT2D eigenvalue weighted by Crippen LogP contribution is -2.32. The number of aromatic nitrogens is 2. The molecule has 1 aliphatic rings. The predicted molar refractivity (Wildman–Crippen MR) is 70.0 cm³/mol. The number of hydrogen-bond donors (Lipinski definition) is 2. The summed E-state index contributed by atoms with van der Waals surface area (Å²) in [6, 6.07) is 5.00. The number of H-pyrrole nitrogens is 1. The van der Waals surface area contributed by atoms with Crippen LogP contribution in [0.3, 0.4) is 0 Å². The van der Waals surface area contributed by atoms with Gasteiger partial charge in [0.05, 0.1) is 11.7 Å². The summed E-state index contributed by atoms with van der Waals surface area (Å²) in [5.41, 5.74) is 3.94. The van der Waals surface area contributed by atoms with Crippen LogP contribution in [0.4, 0.5) is 0 Å². The third-order valence-electron chi connectivity index (χ3n) is 3.86. The second kappa shape index (κ2) is 4.15. The van der Waals surface area contributed by atoms with Crippen LogP contribution in [0.25, 0.3) is 10.9 Å². The molecular weight excluding hydrogens is 210 g/mol. The minimum Gasteiger partial charge on any atom is -0.310 e. The smallest absolute Gasteiger partial charge is 0.0653 e. The zero-order chi connectivity index (χ0) is 11.8. The number of nitrogens with one attached hydrogen (secondary N) is 2. The molecular formula is C14H19N3. The molecule has 1 fully saturated rings. The molecule has 2 aromatic rings. The van der Waals surface area contributed by atoms with Crippen molar-refractivity contribution in [1.29, 1.82) is 0 Å². The summed E-state index contributed by atoms with van der Waals surface area (Å²) in [6.45, 7) is 5.64. The Labute approximate surface area is 102 Å². The Kier molecular flexibility index (Phi) is 2.63. The van der Waals surface area contributed by atoms with Gasteiger partial charge < -0.3 is 5.32 Å². The summed E-state index contributed by atoms with van der Waals surface area (Å²) in [5.74, 6) is 0.808. The molecule has 90 valence electrons. The molecule has 3 nitrogen and oxygen atoms in total. The Morgan fingerprint density at radius 1 is 1.29 bits per heavy atom. The van der Waals surface area contributed by atoms with Crippen molar-refractivity contribution < 1.29 is 0 Å². The van der Waals surface area contributed by atoms with Crippen molar-refractivity contribution in [1.82, 2.24) is 15.5 Å². The molecule has 1 aromatic carbocycles. The van der Waals surface area contributed by atoms with Crippen LogP contribution in [-0.4, -0.2) is 16.7 Å². The van der Waals surface area contributed by atoms with Crippen LogP contribution < -0.4 is 5.32 Å². The van der Waals surface area contributed by atoms with E-state index in [0.29, 0.717) is 6.04 Å². The number of hydrogen-bond acceptors (Lipinski definition) is 2. The molecule has 3 heteroatoms. The first-order valence-electron chi connectivity index (χ1n) is 6.41. The summed E-state index contributed by atoms with van der Waals surface area (Å²) in [4.78, 5) is 0. The Bertz CT molecular complexity index is 521. The van der Waals surface area contributed by atoms with E-state index in [-0.39, 0.29) is 0 Å². The number of aryl methyl sites for hydroxylation is 1. The number of fused-ring (bicyclic) bond motifs is 1. The molecule has 0 saturated carbocycles. The topological polar surface area (TPSA) is 40.7 Å². The fraction of sp³-hybridized carbons (Fsp3) is 0.500. The van der Waals surface area contributed by atoms with Gasteiger partial charge in [-0.2, -0.15) is 5.10 Å². The number of aromatic amines is 1. The third-order valence-corrected chi connectivity index (χ3v) is 3.86. The fourth-order valence-corrected chi connectivity index (χ4v) is 2.76.